The third-order valence-electron chi connectivity index (χ3n) is 3.59. The molecule has 3 rings (SSSR count). The third kappa shape index (κ3) is 4.22. The number of hydrogen-bond acceptors (Lipinski definition) is 5. The molecule has 24 heavy (non-hydrogen) atoms. The van der Waals surface area contributed by atoms with E-state index in [0.29, 0.717) is 18.7 Å². The molecule has 0 radical (unpaired) electrons. The van der Waals surface area contributed by atoms with Gasteiger partial charge in [0, 0.05) is 24.7 Å². The first-order valence-electron chi connectivity index (χ1n) is 7.73. The molecule has 1 aliphatic rings. The molecule has 1 unspecified atom stereocenters. The van der Waals surface area contributed by atoms with Crippen molar-refractivity contribution < 1.29 is 9.53 Å². The Labute approximate surface area is 140 Å². The number of amides is 1. The Morgan fingerprint density at radius 1 is 1.29 bits per heavy atom. The SMILES string of the molecule is NC(=NN1CCC(Oc2cccnc2)C1)NC(=O)c1ccccc1. The first kappa shape index (κ1) is 15.8. The first-order valence-corrected chi connectivity index (χ1v) is 7.73. The lowest BCUT2D eigenvalue weighted by atomic mass is 10.2. The van der Waals surface area contributed by atoms with Gasteiger partial charge in [0.2, 0.25) is 5.96 Å². The fourth-order valence-electron chi connectivity index (χ4n) is 2.46. The zero-order valence-electron chi connectivity index (χ0n) is 13.1. The first-order chi connectivity index (χ1) is 11.7. The normalized spacial score (nSPS) is 17.6. The molecule has 1 aromatic heterocycles. The van der Waals surface area contributed by atoms with E-state index in [-0.39, 0.29) is 18.0 Å². The maximum absolute atomic E-state index is 12.0. The van der Waals surface area contributed by atoms with Crippen LogP contribution in [0.5, 0.6) is 5.75 Å². The monoisotopic (exact) mass is 325 g/mol. The number of nitrogens with zero attached hydrogens (tertiary/aromatic N) is 3. The summed E-state index contributed by atoms with van der Waals surface area (Å²) >= 11 is 0. The van der Waals surface area contributed by atoms with Gasteiger partial charge >= 0.3 is 0 Å². The number of guanidine groups is 1. The van der Waals surface area contributed by atoms with E-state index in [1.807, 2.05) is 18.2 Å². The fourth-order valence-corrected chi connectivity index (χ4v) is 2.46. The van der Waals surface area contributed by atoms with Gasteiger partial charge in [0.15, 0.2) is 0 Å². The Hall–Kier alpha value is -3.09. The summed E-state index contributed by atoms with van der Waals surface area (Å²) in [5.74, 6) is 0.531. The number of rotatable bonds is 4. The molecule has 124 valence electrons. The van der Waals surface area contributed by atoms with Crippen molar-refractivity contribution in [2.45, 2.75) is 12.5 Å². The topological polar surface area (TPSA) is 92.8 Å². The van der Waals surface area contributed by atoms with Crippen LogP contribution in [0, 0.1) is 0 Å². The standard InChI is InChI=1S/C17H19N5O2/c18-17(20-16(23)13-5-2-1-3-6-13)21-22-10-8-15(12-22)24-14-7-4-9-19-11-14/h1-7,9,11,15H,8,10,12H2,(H3,18,20,21,23). The Balaban J connectivity index is 1.52. The van der Waals surface area contributed by atoms with E-state index in [1.165, 1.54) is 0 Å². The lowest BCUT2D eigenvalue weighted by Crippen LogP contribution is -2.38. The highest BCUT2D eigenvalue weighted by Crippen LogP contribution is 2.17. The van der Waals surface area contributed by atoms with Crippen LogP contribution in [0.15, 0.2) is 60.0 Å². The Morgan fingerprint density at radius 3 is 2.88 bits per heavy atom. The molecule has 1 amide bonds. The average molecular weight is 325 g/mol. The largest absolute Gasteiger partial charge is 0.487 e. The number of nitrogens with two attached hydrogens (primary N) is 1. The number of carbonyl (C=O) groups excluding carboxylic acids is 1. The Bertz CT molecular complexity index is 705. The molecule has 0 aliphatic carbocycles. The van der Waals surface area contributed by atoms with E-state index in [0.717, 1.165) is 12.2 Å². The van der Waals surface area contributed by atoms with Crippen molar-refractivity contribution in [1.82, 2.24) is 15.3 Å². The van der Waals surface area contributed by atoms with Gasteiger partial charge in [-0.15, -0.1) is 5.10 Å². The van der Waals surface area contributed by atoms with Crippen molar-refractivity contribution in [1.29, 1.82) is 0 Å². The maximum Gasteiger partial charge on any atom is 0.257 e. The number of aromatic nitrogens is 1. The summed E-state index contributed by atoms with van der Waals surface area (Å²) in [4.78, 5) is 16.0. The number of carbonyl (C=O) groups is 1. The molecular weight excluding hydrogens is 306 g/mol. The van der Waals surface area contributed by atoms with Crippen molar-refractivity contribution in [2.75, 3.05) is 13.1 Å². The van der Waals surface area contributed by atoms with E-state index in [1.54, 1.807) is 41.7 Å². The molecule has 3 N–H and O–H groups in total. The quantitative estimate of drug-likeness (QED) is 0.651. The molecule has 0 spiro atoms. The molecule has 2 aromatic rings. The summed E-state index contributed by atoms with van der Waals surface area (Å²) in [6.07, 6.45) is 4.24. The Morgan fingerprint density at radius 2 is 2.12 bits per heavy atom. The van der Waals surface area contributed by atoms with Crippen molar-refractivity contribution in [2.24, 2.45) is 10.8 Å². The predicted octanol–water partition coefficient (Wildman–Crippen LogP) is 1.19. The zero-order valence-corrected chi connectivity index (χ0v) is 13.1. The summed E-state index contributed by atoms with van der Waals surface area (Å²) < 4.78 is 5.84. The molecule has 0 bridgehead atoms. The van der Waals surface area contributed by atoms with Gasteiger partial charge in [-0.2, -0.15) is 0 Å². The van der Waals surface area contributed by atoms with Crippen LogP contribution in [0.2, 0.25) is 0 Å². The van der Waals surface area contributed by atoms with Gasteiger partial charge in [-0.25, -0.2) is 0 Å². The summed E-state index contributed by atoms with van der Waals surface area (Å²) in [5, 5.41) is 8.61. The predicted molar refractivity (Wildman–Crippen MR) is 90.4 cm³/mol. The van der Waals surface area contributed by atoms with Crippen molar-refractivity contribution in [3.8, 4) is 5.75 Å². The highest BCUT2D eigenvalue weighted by Gasteiger charge is 2.23. The second-order valence-corrected chi connectivity index (χ2v) is 5.44. The lowest BCUT2D eigenvalue weighted by Gasteiger charge is -2.15. The average Bonchev–Trinajstić information content (AvgIpc) is 3.03. The molecule has 7 nitrogen and oxygen atoms in total. The summed E-state index contributed by atoms with van der Waals surface area (Å²) in [6.45, 7) is 1.32. The van der Waals surface area contributed by atoms with Crippen molar-refractivity contribution in [3.05, 3.63) is 60.4 Å². The molecule has 1 aliphatic heterocycles. The van der Waals surface area contributed by atoms with Crippen LogP contribution < -0.4 is 15.8 Å². The molecule has 1 fully saturated rings. The van der Waals surface area contributed by atoms with E-state index >= 15 is 0 Å². The van der Waals surface area contributed by atoms with E-state index in [2.05, 4.69) is 15.4 Å². The van der Waals surface area contributed by atoms with Gasteiger partial charge < -0.3 is 10.5 Å². The van der Waals surface area contributed by atoms with Gasteiger partial charge in [-0.1, -0.05) is 18.2 Å². The summed E-state index contributed by atoms with van der Waals surface area (Å²) in [7, 11) is 0. The smallest absolute Gasteiger partial charge is 0.257 e. The summed E-state index contributed by atoms with van der Waals surface area (Å²) in [5.41, 5.74) is 6.35. The molecular formula is C17H19N5O2. The maximum atomic E-state index is 12.0. The van der Waals surface area contributed by atoms with Crippen LogP contribution in [0.4, 0.5) is 0 Å². The van der Waals surface area contributed by atoms with Crippen molar-refractivity contribution >= 4 is 11.9 Å². The van der Waals surface area contributed by atoms with Crippen LogP contribution >= 0.6 is 0 Å². The number of benzene rings is 1. The van der Waals surface area contributed by atoms with Crippen LogP contribution in [0.3, 0.4) is 0 Å². The van der Waals surface area contributed by atoms with E-state index in [9.17, 15) is 4.79 Å². The van der Waals surface area contributed by atoms with Gasteiger partial charge in [-0.3, -0.25) is 20.1 Å². The highest BCUT2D eigenvalue weighted by molar-refractivity contribution is 6.05. The van der Waals surface area contributed by atoms with E-state index < -0.39 is 0 Å². The molecule has 0 saturated carbocycles. The molecule has 2 heterocycles. The summed E-state index contributed by atoms with van der Waals surface area (Å²) in [6, 6.07) is 12.6. The molecule has 1 atom stereocenters. The minimum atomic E-state index is -0.279. The van der Waals surface area contributed by atoms with Crippen LogP contribution in [0.25, 0.3) is 0 Å². The molecule has 1 aromatic carbocycles. The van der Waals surface area contributed by atoms with Gasteiger partial charge in [0.1, 0.15) is 11.9 Å². The van der Waals surface area contributed by atoms with Gasteiger partial charge in [-0.05, 0) is 24.3 Å². The van der Waals surface area contributed by atoms with Gasteiger partial charge in [0.05, 0.1) is 12.7 Å². The minimum absolute atomic E-state index is 0.0237. The number of pyridine rings is 1. The number of hydrazone groups is 1. The van der Waals surface area contributed by atoms with Crippen molar-refractivity contribution in [3.63, 3.8) is 0 Å². The third-order valence-corrected chi connectivity index (χ3v) is 3.59. The fraction of sp³-hybridized carbons (Fsp3) is 0.235. The molecule has 7 heteroatoms. The Kier molecular flexibility index (Phi) is 4.90. The second-order valence-electron chi connectivity index (χ2n) is 5.44. The van der Waals surface area contributed by atoms with Crippen LogP contribution in [-0.4, -0.2) is 41.1 Å². The highest BCUT2D eigenvalue weighted by atomic mass is 16.5. The van der Waals surface area contributed by atoms with Crippen LogP contribution in [-0.2, 0) is 0 Å². The zero-order chi connectivity index (χ0) is 16.8. The van der Waals surface area contributed by atoms with E-state index in [4.69, 9.17) is 10.5 Å². The van der Waals surface area contributed by atoms with Gasteiger partial charge in [0.25, 0.3) is 5.91 Å². The lowest BCUT2D eigenvalue weighted by molar-refractivity contribution is 0.0976. The van der Waals surface area contributed by atoms with Crippen LogP contribution in [0.1, 0.15) is 16.8 Å². The minimum Gasteiger partial charge on any atom is -0.487 e. The molecule has 1 saturated heterocycles. The number of ether oxygens (including phenoxy) is 1. The number of nitrogens with one attached hydrogen (secondary N) is 1. The number of hydrogen-bond donors (Lipinski definition) is 2. The second kappa shape index (κ2) is 7.45.